The van der Waals surface area contributed by atoms with Crippen molar-refractivity contribution in [2.75, 3.05) is 0 Å². The van der Waals surface area contributed by atoms with Crippen LogP contribution in [0, 0.1) is 19.7 Å². The van der Waals surface area contributed by atoms with Crippen molar-refractivity contribution in [1.82, 2.24) is 4.98 Å². The highest BCUT2D eigenvalue weighted by atomic mass is 19.1. The van der Waals surface area contributed by atoms with E-state index in [0.29, 0.717) is 39.3 Å². The van der Waals surface area contributed by atoms with Crippen LogP contribution in [-0.4, -0.2) is 4.98 Å². The molecule has 4 nitrogen and oxygen atoms in total. The van der Waals surface area contributed by atoms with Crippen LogP contribution in [0.15, 0.2) is 94.3 Å². The van der Waals surface area contributed by atoms with Gasteiger partial charge in [-0.15, -0.1) is 0 Å². The Morgan fingerprint density at radius 3 is 2.46 bits per heavy atom. The number of rotatable bonds is 5. The summed E-state index contributed by atoms with van der Waals surface area (Å²) in [6, 6.07) is 23.4. The van der Waals surface area contributed by atoms with Gasteiger partial charge in [-0.05, 0) is 62.7 Å². The molecular formula is C30H24FNO3. The van der Waals surface area contributed by atoms with E-state index in [1.165, 1.54) is 6.07 Å². The molecule has 0 unspecified atom stereocenters. The Morgan fingerprint density at radius 1 is 0.943 bits per heavy atom. The van der Waals surface area contributed by atoms with Gasteiger partial charge in [0.05, 0.1) is 5.39 Å². The first-order valence-corrected chi connectivity index (χ1v) is 11.4. The molecule has 0 aliphatic carbocycles. The Bertz CT molecular complexity index is 1590. The number of benzene rings is 3. The summed E-state index contributed by atoms with van der Waals surface area (Å²) in [7, 11) is 0. The highest BCUT2D eigenvalue weighted by Gasteiger charge is 2.21. The van der Waals surface area contributed by atoms with Crippen molar-refractivity contribution in [2.24, 2.45) is 0 Å². The maximum Gasteiger partial charge on any atom is 0.196 e. The lowest BCUT2D eigenvalue weighted by Crippen LogP contribution is -2.11. The zero-order valence-corrected chi connectivity index (χ0v) is 19.7. The minimum absolute atomic E-state index is 0.0734. The summed E-state index contributed by atoms with van der Waals surface area (Å²) in [6.45, 7) is 5.60. The molecule has 0 saturated heterocycles. The van der Waals surface area contributed by atoms with Crippen molar-refractivity contribution in [3.05, 3.63) is 118 Å². The predicted molar refractivity (Wildman–Crippen MR) is 136 cm³/mol. The van der Waals surface area contributed by atoms with Crippen LogP contribution in [-0.2, 0) is 0 Å². The van der Waals surface area contributed by atoms with E-state index in [4.69, 9.17) is 9.15 Å². The molecule has 0 N–H and O–H groups in total. The van der Waals surface area contributed by atoms with Crippen LogP contribution in [0.2, 0.25) is 0 Å². The van der Waals surface area contributed by atoms with E-state index >= 15 is 0 Å². The Morgan fingerprint density at radius 2 is 1.69 bits per heavy atom. The topological polar surface area (TPSA) is 52.3 Å². The lowest BCUT2D eigenvalue weighted by Gasteiger charge is -2.19. The Hall–Kier alpha value is -4.25. The zero-order chi connectivity index (χ0) is 24.5. The lowest BCUT2D eigenvalue weighted by atomic mass is 10.00. The Labute approximate surface area is 202 Å². The van der Waals surface area contributed by atoms with Crippen molar-refractivity contribution >= 4 is 11.0 Å². The van der Waals surface area contributed by atoms with E-state index in [1.54, 1.807) is 43.5 Å². The molecule has 0 amide bonds. The first-order valence-electron chi connectivity index (χ1n) is 11.4. The number of aromatic nitrogens is 1. The Kier molecular flexibility index (Phi) is 5.91. The molecule has 35 heavy (non-hydrogen) atoms. The fourth-order valence-electron chi connectivity index (χ4n) is 4.33. The summed E-state index contributed by atoms with van der Waals surface area (Å²) in [5.74, 6) is 0.602. The summed E-state index contributed by atoms with van der Waals surface area (Å²) < 4.78 is 27.2. The molecule has 2 aromatic heterocycles. The molecule has 0 bridgehead atoms. The smallest absolute Gasteiger partial charge is 0.196 e. The maximum atomic E-state index is 14.5. The maximum absolute atomic E-state index is 14.5. The number of fused-ring (bicyclic) bond motifs is 1. The molecule has 0 saturated carbocycles. The van der Waals surface area contributed by atoms with Gasteiger partial charge in [0.1, 0.15) is 34.7 Å². The second-order valence-corrected chi connectivity index (χ2v) is 8.57. The number of hydrogen-bond donors (Lipinski definition) is 0. The first kappa shape index (κ1) is 22.5. The van der Waals surface area contributed by atoms with Crippen LogP contribution in [0.3, 0.4) is 0 Å². The van der Waals surface area contributed by atoms with E-state index < -0.39 is 6.10 Å². The van der Waals surface area contributed by atoms with Crippen molar-refractivity contribution in [3.63, 3.8) is 0 Å². The molecule has 3 aromatic carbocycles. The van der Waals surface area contributed by atoms with Crippen LogP contribution < -0.4 is 10.2 Å². The monoisotopic (exact) mass is 465 g/mol. The van der Waals surface area contributed by atoms with Crippen LogP contribution in [0.4, 0.5) is 4.39 Å². The first-order chi connectivity index (χ1) is 16.9. The SMILES string of the molecule is Cc1cc([C@@H](C)Oc2cccnc2-c2ccccc2F)c2oc(-c3ccccc3)c(C)c(=O)c2c1. The van der Waals surface area contributed by atoms with Gasteiger partial charge in [0, 0.05) is 28.5 Å². The summed E-state index contributed by atoms with van der Waals surface area (Å²) in [5, 5.41) is 0.508. The van der Waals surface area contributed by atoms with Crippen molar-refractivity contribution in [2.45, 2.75) is 26.9 Å². The molecule has 0 radical (unpaired) electrons. The molecule has 0 spiro atoms. The van der Waals surface area contributed by atoms with Crippen LogP contribution in [0.25, 0.3) is 33.6 Å². The molecule has 1 atom stereocenters. The largest absolute Gasteiger partial charge is 0.484 e. The second kappa shape index (κ2) is 9.18. The number of halogens is 1. The normalized spacial score (nSPS) is 12.0. The highest BCUT2D eigenvalue weighted by Crippen LogP contribution is 2.36. The average molecular weight is 466 g/mol. The predicted octanol–water partition coefficient (Wildman–Crippen LogP) is 7.42. The third kappa shape index (κ3) is 4.21. The van der Waals surface area contributed by atoms with Gasteiger partial charge in [0.15, 0.2) is 5.43 Å². The minimum atomic E-state index is -0.499. The summed E-state index contributed by atoms with van der Waals surface area (Å²) in [6.07, 6.45) is 1.11. The molecule has 5 rings (SSSR count). The molecule has 0 aliphatic heterocycles. The molecule has 2 heterocycles. The van der Waals surface area contributed by atoms with Gasteiger partial charge in [0.25, 0.3) is 0 Å². The van der Waals surface area contributed by atoms with Crippen molar-refractivity contribution in [1.29, 1.82) is 0 Å². The summed E-state index contributed by atoms with van der Waals surface area (Å²) in [5.41, 5.74) is 4.22. The molecule has 174 valence electrons. The van der Waals surface area contributed by atoms with E-state index in [-0.39, 0.29) is 11.2 Å². The number of nitrogens with zero attached hydrogens (tertiary/aromatic N) is 1. The molecule has 5 heteroatoms. The van der Waals surface area contributed by atoms with Gasteiger partial charge in [0.2, 0.25) is 0 Å². The zero-order valence-electron chi connectivity index (χ0n) is 19.7. The summed E-state index contributed by atoms with van der Waals surface area (Å²) in [4.78, 5) is 17.7. The third-order valence-corrected chi connectivity index (χ3v) is 6.07. The third-order valence-electron chi connectivity index (χ3n) is 6.07. The van der Waals surface area contributed by atoms with Gasteiger partial charge in [-0.25, -0.2) is 4.39 Å². The molecule has 0 fully saturated rings. The fraction of sp³-hybridized carbons (Fsp3) is 0.133. The molecular weight excluding hydrogens is 441 g/mol. The van der Waals surface area contributed by atoms with E-state index in [0.717, 1.165) is 16.7 Å². The fourth-order valence-corrected chi connectivity index (χ4v) is 4.33. The minimum Gasteiger partial charge on any atom is -0.484 e. The van der Waals surface area contributed by atoms with E-state index in [2.05, 4.69) is 4.98 Å². The number of hydrogen-bond acceptors (Lipinski definition) is 4. The van der Waals surface area contributed by atoms with Crippen LogP contribution in [0.5, 0.6) is 5.75 Å². The number of aryl methyl sites for hydroxylation is 1. The Balaban J connectivity index is 1.64. The van der Waals surface area contributed by atoms with Crippen LogP contribution in [0.1, 0.15) is 29.7 Å². The van der Waals surface area contributed by atoms with Gasteiger partial charge in [-0.3, -0.25) is 9.78 Å². The standard InChI is InChI=1S/C30H24FNO3/c1-18-16-23(20(3)34-26-14-9-15-32-27(26)22-12-7-8-13-25(22)31)30-24(17-18)28(33)19(2)29(35-30)21-10-5-4-6-11-21/h4-17,20H,1-3H3/t20-/m1/s1. The van der Waals surface area contributed by atoms with E-state index in [9.17, 15) is 9.18 Å². The lowest BCUT2D eigenvalue weighted by molar-refractivity contribution is 0.227. The van der Waals surface area contributed by atoms with Gasteiger partial charge < -0.3 is 9.15 Å². The number of pyridine rings is 1. The van der Waals surface area contributed by atoms with Gasteiger partial charge in [-0.2, -0.15) is 0 Å². The number of ether oxygens (including phenoxy) is 1. The average Bonchev–Trinajstić information content (AvgIpc) is 2.87. The second-order valence-electron chi connectivity index (χ2n) is 8.57. The summed E-state index contributed by atoms with van der Waals surface area (Å²) >= 11 is 0. The van der Waals surface area contributed by atoms with E-state index in [1.807, 2.05) is 56.3 Å². The van der Waals surface area contributed by atoms with Crippen LogP contribution >= 0.6 is 0 Å². The van der Waals surface area contributed by atoms with Gasteiger partial charge in [-0.1, -0.05) is 42.5 Å². The van der Waals surface area contributed by atoms with Gasteiger partial charge >= 0.3 is 0 Å². The molecule has 0 aliphatic rings. The van der Waals surface area contributed by atoms with Crippen molar-refractivity contribution in [3.8, 4) is 28.3 Å². The highest BCUT2D eigenvalue weighted by molar-refractivity contribution is 5.84. The quantitative estimate of drug-likeness (QED) is 0.271. The van der Waals surface area contributed by atoms with Crippen molar-refractivity contribution < 1.29 is 13.5 Å². The molecule has 5 aromatic rings.